The van der Waals surface area contributed by atoms with Gasteiger partial charge in [0.25, 0.3) is 0 Å². The highest BCUT2D eigenvalue weighted by Gasteiger charge is 2.22. The predicted octanol–water partition coefficient (Wildman–Crippen LogP) is -0.224. The van der Waals surface area contributed by atoms with Gasteiger partial charge in [-0.25, -0.2) is 0 Å². The van der Waals surface area contributed by atoms with Gasteiger partial charge in [-0.05, 0) is 20.9 Å². The van der Waals surface area contributed by atoms with E-state index in [0.717, 1.165) is 0 Å². The predicted molar refractivity (Wildman–Crippen MR) is 52.5 cm³/mol. The Labute approximate surface area is 80.1 Å². The fourth-order valence-corrected chi connectivity index (χ4v) is 1.06. The van der Waals surface area contributed by atoms with E-state index in [9.17, 15) is 4.79 Å². The Balaban J connectivity index is 4.24. The molecule has 0 spiro atoms. The van der Waals surface area contributed by atoms with Crippen molar-refractivity contribution >= 4 is 5.91 Å². The maximum Gasteiger partial charge on any atom is 0.239 e. The van der Waals surface area contributed by atoms with Gasteiger partial charge < -0.3 is 10.0 Å². The van der Waals surface area contributed by atoms with Crippen molar-refractivity contribution in [2.45, 2.75) is 25.9 Å². The van der Waals surface area contributed by atoms with Crippen LogP contribution in [0.25, 0.3) is 0 Å². The van der Waals surface area contributed by atoms with E-state index >= 15 is 0 Å². The zero-order valence-corrected chi connectivity index (χ0v) is 9.11. The summed E-state index contributed by atoms with van der Waals surface area (Å²) in [5, 5.41) is 8.91. The summed E-state index contributed by atoms with van der Waals surface area (Å²) < 4.78 is 0. The fourth-order valence-electron chi connectivity index (χ4n) is 1.06. The van der Waals surface area contributed by atoms with Crippen LogP contribution in [0.5, 0.6) is 0 Å². The molecule has 0 aromatic heterocycles. The molecule has 0 fully saturated rings. The summed E-state index contributed by atoms with van der Waals surface area (Å²) in [5.74, 6) is 0.0581. The molecule has 0 bridgehead atoms. The van der Waals surface area contributed by atoms with Crippen LogP contribution in [0.15, 0.2) is 0 Å². The number of rotatable bonds is 4. The van der Waals surface area contributed by atoms with Crippen molar-refractivity contribution in [3.05, 3.63) is 0 Å². The number of hydrogen-bond donors (Lipinski definition) is 1. The number of aliphatic hydroxyl groups excluding tert-OH is 1. The molecule has 0 saturated carbocycles. The van der Waals surface area contributed by atoms with Crippen molar-refractivity contribution < 1.29 is 9.90 Å². The van der Waals surface area contributed by atoms with Crippen LogP contribution in [0, 0.1) is 0 Å². The second-order valence-electron chi connectivity index (χ2n) is 3.61. The van der Waals surface area contributed by atoms with E-state index in [4.69, 9.17) is 5.11 Å². The molecule has 1 N–H and O–H groups in total. The molecule has 0 aliphatic heterocycles. The van der Waals surface area contributed by atoms with Gasteiger partial charge in [0.1, 0.15) is 0 Å². The molecule has 4 heteroatoms. The van der Waals surface area contributed by atoms with E-state index in [2.05, 4.69) is 0 Å². The van der Waals surface area contributed by atoms with Gasteiger partial charge in [-0.15, -0.1) is 0 Å². The van der Waals surface area contributed by atoms with Crippen LogP contribution in [0.3, 0.4) is 0 Å². The summed E-state index contributed by atoms with van der Waals surface area (Å²) in [6.45, 7) is 3.80. The van der Waals surface area contributed by atoms with E-state index in [1.54, 1.807) is 19.0 Å². The number of hydrogen-bond acceptors (Lipinski definition) is 3. The summed E-state index contributed by atoms with van der Waals surface area (Å²) in [5.41, 5.74) is 0. The minimum absolute atomic E-state index is 0.0129. The van der Waals surface area contributed by atoms with E-state index in [0.29, 0.717) is 0 Å². The number of carbonyl (C=O) groups excluding carboxylic acids is 1. The van der Waals surface area contributed by atoms with Crippen LogP contribution in [-0.4, -0.2) is 60.6 Å². The molecule has 0 saturated heterocycles. The maximum absolute atomic E-state index is 11.5. The average Bonchev–Trinajstić information content (AvgIpc) is 2.12. The zero-order valence-electron chi connectivity index (χ0n) is 9.11. The van der Waals surface area contributed by atoms with E-state index < -0.39 is 0 Å². The topological polar surface area (TPSA) is 43.8 Å². The minimum Gasteiger partial charge on any atom is -0.395 e. The molecule has 0 aliphatic carbocycles. The molecular formula is C9H20N2O2. The van der Waals surface area contributed by atoms with Crippen LogP contribution in [0.4, 0.5) is 0 Å². The van der Waals surface area contributed by atoms with Crippen molar-refractivity contribution in [2.75, 3.05) is 27.7 Å². The maximum atomic E-state index is 11.5. The molecule has 0 rings (SSSR count). The Morgan fingerprint density at radius 2 is 1.77 bits per heavy atom. The largest absolute Gasteiger partial charge is 0.395 e. The lowest BCUT2D eigenvalue weighted by Gasteiger charge is -2.30. The lowest BCUT2D eigenvalue weighted by Crippen LogP contribution is -2.47. The van der Waals surface area contributed by atoms with Gasteiger partial charge in [0.05, 0.1) is 12.6 Å². The van der Waals surface area contributed by atoms with Crippen molar-refractivity contribution in [1.82, 2.24) is 9.80 Å². The quantitative estimate of drug-likeness (QED) is 0.663. The van der Waals surface area contributed by atoms with Crippen LogP contribution in [0.1, 0.15) is 13.8 Å². The fraction of sp³-hybridized carbons (Fsp3) is 0.889. The van der Waals surface area contributed by atoms with Crippen molar-refractivity contribution in [3.8, 4) is 0 Å². The molecular weight excluding hydrogens is 168 g/mol. The SMILES string of the molecule is CC(CO)N(C)C(C)C(=O)N(C)C. The van der Waals surface area contributed by atoms with Gasteiger partial charge >= 0.3 is 0 Å². The molecule has 0 aromatic carbocycles. The van der Waals surface area contributed by atoms with E-state index in [1.165, 1.54) is 0 Å². The Bertz CT molecular complexity index is 171. The third-order valence-electron chi connectivity index (χ3n) is 2.37. The highest BCUT2D eigenvalue weighted by molar-refractivity contribution is 5.80. The number of nitrogens with zero attached hydrogens (tertiary/aromatic N) is 2. The summed E-state index contributed by atoms with van der Waals surface area (Å²) in [6, 6.07) is -0.170. The smallest absolute Gasteiger partial charge is 0.239 e. The molecule has 2 atom stereocenters. The van der Waals surface area contributed by atoms with Gasteiger partial charge in [0, 0.05) is 20.1 Å². The summed E-state index contributed by atoms with van der Waals surface area (Å²) in [6.07, 6.45) is 0. The summed E-state index contributed by atoms with van der Waals surface area (Å²) in [7, 11) is 5.31. The molecule has 78 valence electrons. The number of likely N-dealkylation sites (N-methyl/N-ethyl adjacent to an activating group) is 2. The number of carbonyl (C=O) groups is 1. The summed E-state index contributed by atoms with van der Waals surface area (Å²) in [4.78, 5) is 14.9. The lowest BCUT2D eigenvalue weighted by molar-refractivity contribution is -0.134. The highest BCUT2D eigenvalue weighted by Crippen LogP contribution is 2.03. The second-order valence-corrected chi connectivity index (χ2v) is 3.61. The summed E-state index contributed by atoms with van der Waals surface area (Å²) >= 11 is 0. The first-order valence-corrected chi connectivity index (χ1v) is 4.45. The zero-order chi connectivity index (χ0) is 10.6. The Morgan fingerprint density at radius 3 is 2.08 bits per heavy atom. The first-order valence-electron chi connectivity index (χ1n) is 4.45. The standard InChI is InChI=1S/C9H20N2O2/c1-7(6-12)11(5)8(2)9(13)10(3)4/h7-8,12H,6H2,1-5H3. The number of amides is 1. The van der Waals surface area contributed by atoms with Crippen molar-refractivity contribution in [1.29, 1.82) is 0 Å². The minimum atomic E-state index is -0.183. The molecule has 4 nitrogen and oxygen atoms in total. The average molecular weight is 188 g/mol. The molecule has 0 radical (unpaired) electrons. The van der Waals surface area contributed by atoms with Crippen molar-refractivity contribution in [2.24, 2.45) is 0 Å². The Morgan fingerprint density at radius 1 is 1.31 bits per heavy atom. The third-order valence-corrected chi connectivity index (χ3v) is 2.37. The van der Waals surface area contributed by atoms with E-state index in [-0.39, 0.29) is 24.6 Å². The molecule has 2 unspecified atom stereocenters. The first-order chi connectivity index (χ1) is 5.91. The van der Waals surface area contributed by atoms with Crippen LogP contribution in [0.2, 0.25) is 0 Å². The normalized spacial score (nSPS) is 15.6. The van der Waals surface area contributed by atoms with Crippen LogP contribution < -0.4 is 0 Å². The number of aliphatic hydroxyl groups is 1. The van der Waals surface area contributed by atoms with Gasteiger partial charge in [-0.1, -0.05) is 0 Å². The second kappa shape index (κ2) is 5.19. The van der Waals surface area contributed by atoms with Gasteiger partial charge in [-0.3, -0.25) is 9.69 Å². The van der Waals surface area contributed by atoms with Gasteiger partial charge in [-0.2, -0.15) is 0 Å². The van der Waals surface area contributed by atoms with Gasteiger partial charge in [0.2, 0.25) is 5.91 Å². The van der Waals surface area contributed by atoms with E-state index in [1.807, 2.05) is 25.8 Å². The third kappa shape index (κ3) is 3.32. The molecule has 0 aromatic rings. The lowest BCUT2D eigenvalue weighted by atomic mass is 10.2. The Hall–Kier alpha value is -0.610. The highest BCUT2D eigenvalue weighted by atomic mass is 16.3. The molecule has 0 heterocycles. The van der Waals surface area contributed by atoms with Crippen molar-refractivity contribution in [3.63, 3.8) is 0 Å². The molecule has 13 heavy (non-hydrogen) atoms. The Kier molecular flexibility index (Phi) is 4.95. The molecule has 1 amide bonds. The van der Waals surface area contributed by atoms with Crippen LogP contribution >= 0.6 is 0 Å². The van der Waals surface area contributed by atoms with Gasteiger partial charge in [0.15, 0.2) is 0 Å². The van der Waals surface area contributed by atoms with Crippen LogP contribution in [-0.2, 0) is 4.79 Å². The monoisotopic (exact) mass is 188 g/mol. The first kappa shape index (κ1) is 12.4. The molecule has 0 aliphatic rings.